The van der Waals surface area contributed by atoms with Gasteiger partial charge in [-0.3, -0.25) is 4.98 Å². The van der Waals surface area contributed by atoms with E-state index in [0.29, 0.717) is 12.0 Å². The van der Waals surface area contributed by atoms with Gasteiger partial charge in [0, 0.05) is 51.2 Å². The monoisotopic (exact) mass is 248 g/mol. The Morgan fingerprint density at radius 1 is 1.44 bits per heavy atom. The highest BCUT2D eigenvalue weighted by atomic mass is 15.2. The molecule has 18 heavy (non-hydrogen) atoms. The maximum absolute atomic E-state index is 4.22. The molecule has 2 unspecified atom stereocenters. The van der Waals surface area contributed by atoms with Crippen LogP contribution in [0.4, 0.5) is 0 Å². The van der Waals surface area contributed by atoms with Gasteiger partial charge in [0.1, 0.15) is 0 Å². The molecule has 2 heterocycles. The first-order valence-electron chi connectivity index (χ1n) is 6.81. The Balaban J connectivity index is 1.94. The van der Waals surface area contributed by atoms with Gasteiger partial charge in [-0.15, -0.1) is 0 Å². The van der Waals surface area contributed by atoms with Gasteiger partial charge in [-0.05, 0) is 24.6 Å². The second kappa shape index (κ2) is 6.83. The van der Waals surface area contributed by atoms with Gasteiger partial charge in [0.2, 0.25) is 0 Å². The molecule has 0 aliphatic carbocycles. The van der Waals surface area contributed by atoms with Crippen LogP contribution in [0.3, 0.4) is 0 Å². The Kier molecular flexibility index (Phi) is 5.11. The molecule has 0 saturated carbocycles. The fourth-order valence-electron chi connectivity index (χ4n) is 2.75. The Hall–Kier alpha value is -0.970. The summed E-state index contributed by atoms with van der Waals surface area (Å²) in [6, 6.07) is 4.55. The zero-order valence-corrected chi connectivity index (χ0v) is 11.4. The number of nitrogens with one attached hydrogen (secondary N) is 2. The molecule has 0 bridgehead atoms. The van der Waals surface area contributed by atoms with Crippen molar-refractivity contribution in [1.29, 1.82) is 0 Å². The molecule has 1 saturated heterocycles. The van der Waals surface area contributed by atoms with Crippen LogP contribution in [-0.2, 0) is 0 Å². The van der Waals surface area contributed by atoms with Gasteiger partial charge in [0.05, 0.1) is 0 Å². The number of hydrogen-bond donors (Lipinski definition) is 2. The first kappa shape index (κ1) is 13.5. The Bertz CT molecular complexity index is 335. The smallest absolute Gasteiger partial charge is 0.0371 e. The molecule has 1 aliphatic rings. The minimum Gasteiger partial charge on any atom is -0.314 e. The summed E-state index contributed by atoms with van der Waals surface area (Å²) in [5, 5.41) is 6.82. The third-order valence-corrected chi connectivity index (χ3v) is 3.68. The molecule has 100 valence electrons. The summed E-state index contributed by atoms with van der Waals surface area (Å²) in [6.45, 7) is 8.01. The molecule has 1 aromatic heterocycles. The lowest BCUT2D eigenvalue weighted by atomic mass is 9.95. The normalized spacial score (nSPS) is 20.6. The van der Waals surface area contributed by atoms with E-state index in [1.165, 1.54) is 5.56 Å². The molecule has 1 fully saturated rings. The van der Waals surface area contributed by atoms with Crippen LogP contribution in [0.5, 0.6) is 0 Å². The molecule has 1 aliphatic heterocycles. The van der Waals surface area contributed by atoms with Gasteiger partial charge in [-0.2, -0.15) is 0 Å². The lowest BCUT2D eigenvalue weighted by molar-refractivity contribution is 0.192. The van der Waals surface area contributed by atoms with Crippen LogP contribution in [0, 0.1) is 5.92 Å². The number of hydrogen-bond acceptors (Lipinski definition) is 4. The molecule has 0 aromatic carbocycles. The number of aromatic nitrogens is 1. The summed E-state index contributed by atoms with van der Waals surface area (Å²) < 4.78 is 0. The van der Waals surface area contributed by atoms with E-state index in [9.17, 15) is 0 Å². The first-order chi connectivity index (χ1) is 8.81. The van der Waals surface area contributed by atoms with E-state index >= 15 is 0 Å². The van der Waals surface area contributed by atoms with Crippen molar-refractivity contribution in [2.75, 3.05) is 39.8 Å². The number of pyridine rings is 1. The van der Waals surface area contributed by atoms with E-state index in [-0.39, 0.29) is 0 Å². The average Bonchev–Trinajstić information content (AvgIpc) is 2.42. The topological polar surface area (TPSA) is 40.2 Å². The van der Waals surface area contributed by atoms with E-state index in [1.54, 1.807) is 0 Å². The second-order valence-corrected chi connectivity index (χ2v) is 5.08. The summed E-state index contributed by atoms with van der Waals surface area (Å²) in [4.78, 5) is 6.76. The van der Waals surface area contributed by atoms with Crippen molar-refractivity contribution in [3.05, 3.63) is 30.1 Å². The molecule has 1 aromatic rings. The number of nitrogens with zero attached hydrogens (tertiary/aromatic N) is 2. The van der Waals surface area contributed by atoms with Crippen LogP contribution >= 0.6 is 0 Å². The highest BCUT2D eigenvalue weighted by molar-refractivity contribution is 5.14. The van der Waals surface area contributed by atoms with Crippen LogP contribution in [0.2, 0.25) is 0 Å². The van der Waals surface area contributed by atoms with Gasteiger partial charge in [-0.25, -0.2) is 0 Å². The fraction of sp³-hybridized carbons (Fsp3) is 0.643. The Morgan fingerprint density at radius 3 is 2.83 bits per heavy atom. The zero-order valence-electron chi connectivity index (χ0n) is 11.4. The second-order valence-electron chi connectivity index (χ2n) is 5.08. The SMILES string of the molecule is CNC(c1cccnc1)C(C)CN1CCNCC1. The van der Waals surface area contributed by atoms with Crippen molar-refractivity contribution >= 4 is 0 Å². The van der Waals surface area contributed by atoms with Gasteiger partial charge in [-0.1, -0.05) is 13.0 Å². The summed E-state index contributed by atoms with van der Waals surface area (Å²) in [5.41, 5.74) is 1.28. The van der Waals surface area contributed by atoms with Crippen LogP contribution in [0.25, 0.3) is 0 Å². The molecule has 0 radical (unpaired) electrons. The quantitative estimate of drug-likeness (QED) is 0.812. The summed E-state index contributed by atoms with van der Waals surface area (Å²) in [7, 11) is 2.03. The van der Waals surface area contributed by atoms with Crippen LogP contribution in [0.1, 0.15) is 18.5 Å². The Morgan fingerprint density at radius 2 is 2.22 bits per heavy atom. The predicted octanol–water partition coefficient (Wildman–Crippen LogP) is 0.883. The maximum atomic E-state index is 4.22. The van der Waals surface area contributed by atoms with Crippen molar-refractivity contribution in [2.45, 2.75) is 13.0 Å². The zero-order chi connectivity index (χ0) is 12.8. The molecular weight excluding hydrogens is 224 g/mol. The molecule has 2 N–H and O–H groups in total. The van der Waals surface area contributed by atoms with E-state index in [2.05, 4.69) is 33.5 Å². The van der Waals surface area contributed by atoms with Crippen LogP contribution in [0.15, 0.2) is 24.5 Å². The number of piperazine rings is 1. The summed E-state index contributed by atoms with van der Waals surface area (Å²) in [6.07, 6.45) is 3.80. The predicted molar refractivity (Wildman–Crippen MR) is 74.5 cm³/mol. The largest absolute Gasteiger partial charge is 0.314 e. The highest BCUT2D eigenvalue weighted by Gasteiger charge is 2.21. The van der Waals surface area contributed by atoms with Crippen molar-refractivity contribution in [1.82, 2.24) is 20.5 Å². The molecule has 2 rings (SSSR count). The van der Waals surface area contributed by atoms with Crippen LogP contribution < -0.4 is 10.6 Å². The van der Waals surface area contributed by atoms with Crippen molar-refractivity contribution in [3.63, 3.8) is 0 Å². The molecular formula is C14H24N4. The molecule has 0 amide bonds. The third kappa shape index (κ3) is 3.51. The molecule has 4 heteroatoms. The van der Waals surface area contributed by atoms with Gasteiger partial charge < -0.3 is 15.5 Å². The van der Waals surface area contributed by atoms with Gasteiger partial charge in [0.15, 0.2) is 0 Å². The third-order valence-electron chi connectivity index (χ3n) is 3.68. The molecule has 2 atom stereocenters. The molecule has 0 spiro atoms. The van der Waals surface area contributed by atoms with E-state index in [0.717, 1.165) is 32.7 Å². The fourth-order valence-corrected chi connectivity index (χ4v) is 2.75. The van der Waals surface area contributed by atoms with Crippen molar-refractivity contribution in [2.24, 2.45) is 5.92 Å². The van der Waals surface area contributed by atoms with Gasteiger partial charge >= 0.3 is 0 Å². The van der Waals surface area contributed by atoms with Crippen molar-refractivity contribution in [3.8, 4) is 0 Å². The average molecular weight is 248 g/mol. The van der Waals surface area contributed by atoms with Crippen LogP contribution in [-0.4, -0.2) is 49.7 Å². The lowest BCUT2D eigenvalue weighted by Gasteiger charge is -2.33. The van der Waals surface area contributed by atoms with Crippen molar-refractivity contribution < 1.29 is 0 Å². The van der Waals surface area contributed by atoms with E-state index in [4.69, 9.17) is 0 Å². The summed E-state index contributed by atoms with van der Waals surface area (Å²) in [5.74, 6) is 0.581. The minimum absolute atomic E-state index is 0.383. The minimum atomic E-state index is 0.383. The maximum Gasteiger partial charge on any atom is 0.0371 e. The highest BCUT2D eigenvalue weighted by Crippen LogP contribution is 2.21. The number of rotatable bonds is 5. The standard InChI is InChI=1S/C14H24N4/c1-12(11-18-8-6-16-7-9-18)14(15-2)13-4-3-5-17-10-13/h3-5,10,12,14-16H,6-9,11H2,1-2H3. The van der Waals surface area contributed by atoms with Gasteiger partial charge in [0.25, 0.3) is 0 Å². The van der Waals surface area contributed by atoms with E-state index in [1.807, 2.05) is 25.5 Å². The Labute approximate surface area is 110 Å². The molecule has 4 nitrogen and oxygen atoms in total. The lowest BCUT2D eigenvalue weighted by Crippen LogP contribution is -2.46. The first-order valence-corrected chi connectivity index (χ1v) is 6.81. The summed E-state index contributed by atoms with van der Waals surface area (Å²) >= 11 is 0. The van der Waals surface area contributed by atoms with E-state index < -0.39 is 0 Å².